The highest BCUT2D eigenvalue weighted by Crippen LogP contribution is 2.34. The predicted octanol–water partition coefficient (Wildman–Crippen LogP) is 2.47. The summed E-state index contributed by atoms with van der Waals surface area (Å²) in [7, 11) is 0. The molecular weight excluding hydrogens is 242 g/mol. The van der Waals surface area contributed by atoms with Crippen LogP contribution in [0.15, 0.2) is 24.3 Å². The molecule has 0 saturated carbocycles. The van der Waals surface area contributed by atoms with Gasteiger partial charge in [-0.15, -0.1) is 0 Å². The van der Waals surface area contributed by atoms with Gasteiger partial charge in [0.25, 0.3) is 0 Å². The van der Waals surface area contributed by atoms with Crippen molar-refractivity contribution in [3.63, 3.8) is 0 Å². The number of anilines is 1. The van der Waals surface area contributed by atoms with Crippen molar-refractivity contribution in [2.75, 3.05) is 4.90 Å². The number of carboxylic acid groups (broad SMARTS) is 1. The van der Waals surface area contributed by atoms with E-state index >= 15 is 0 Å². The van der Waals surface area contributed by atoms with Crippen molar-refractivity contribution in [2.45, 2.75) is 39.7 Å². The predicted molar refractivity (Wildman–Crippen MR) is 73.1 cm³/mol. The summed E-state index contributed by atoms with van der Waals surface area (Å²) < 4.78 is 0. The number of fused-ring (bicyclic) bond motifs is 1. The van der Waals surface area contributed by atoms with Crippen LogP contribution in [0.5, 0.6) is 0 Å². The van der Waals surface area contributed by atoms with Gasteiger partial charge in [-0.25, -0.2) is 0 Å². The Hall–Kier alpha value is -1.84. The average molecular weight is 261 g/mol. The van der Waals surface area contributed by atoms with Crippen LogP contribution in [-0.4, -0.2) is 23.0 Å². The fraction of sp³-hybridized carbons (Fsp3) is 0.467. The SMILES string of the molecule is CC1Cc2ccccc2N1C(=O)CC(C)(C)C(=O)O. The summed E-state index contributed by atoms with van der Waals surface area (Å²) in [6.45, 7) is 5.16. The van der Waals surface area contributed by atoms with E-state index in [2.05, 4.69) is 0 Å². The Bertz CT molecular complexity index is 522. The van der Waals surface area contributed by atoms with Gasteiger partial charge in [0.15, 0.2) is 0 Å². The van der Waals surface area contributed by atoms with Crippen LogP contribution in [0.3, 0.4) is 0 Å². The highest BCUT2D eigenvalue weighted by atomic mass is 16.4. The van der Waals surface area contributed by atoms with Crippen LogP contribution in [0, 0.1) is 5.41 Å². The van der Waals surface area contributed by atoms with Crippen LogP contribution in [-0.2, 0) is 16.0 Å². The van der Waals surface area contributed by atoms with Gasteiger partial charge in [0.2, 0.25) is 5.91 Å². The maximum Gasteiger partial charge on any atom is 0.309 e. The van der Waals surface area contributed by atoms with Gasteiger partial charge in [0.05, 0.1) is 5.41 Å². The molecule has 1 amide bonds. The van der Waals surface area contributed by atoms with Crippen LogP contribution >= 0.6 is 0 Å². The Labute approximate surface area is 113 Å². The number of para-hydroxylation sites is 1. The fourth-order valence-corrected chi connectivity index (χ4v) is 2.48. The first-order chi connectivity index (χ1) is 8.83. The van der Waals surface area contributed by atoms with Crippen molar-refractivity contribution in [3.05, 3.63) is 29.8 Å². The number of aliphatic carboxylic acids is 1. The molecule has 2 rings (SSSR count). The molecular formula is C15H19NO3. The van der Waals surface area contributed by atoms with Gasteiger partial charge in [0.1, 0.15) is 0 Å². The smallest absolute Gasteiger partial charge is 0.309 e. The minimum Gasteiger partial charge on any atom is -0.481 e. The largest absolute Gasteiger partial charge is 0.481 e. The summed E-state index contributed by atoms with van der Waals surface area (Å²) in [4.78, 5) is 25.3. The Morgan fingerprint density at radius 3 is 2.63 bits per heavy atom. The number of rotatable bonds is 3. The fourth-order valence-electron chi connectivity index (χ4n) is 2.48. The van der Waals surface area contributed by atoms with E-state index in [0.29, 0.717) is 0 Å². The number of benzene rings is 1. The van der Waals surface area contributed by atoms with E-state index in [0.717, 1.165) is 17.7 Å². The number of hydrogen-bond acceptors (Lipinski definition) is 2. The van der Waals surface area contributed by atoms with E-state index in [1.165, 1.54) is 0 Å². The van der Waals surface area contributed by atoms with E-state index in [1.807, 2.05) is 31.2 Å². The molecule has 1 N–H and O–H groups in total. The van der Waals surface area contributed by atoms with Gasteiger partial charge < -0.3 is 10.0 Å². The van der Waals surface area contributed by atoms with Crippen molar-refractivity contribution in [1.29, 1.82) is 0 Å². The molecule has 0 aromatic heterocycles. The summed E-state index contributed by atoms with van der Waals surface area (Å²) in [6, 6.07) is 7.89. The van der Waals surface area contributed by atoms with E-state index in [9.17, 15) is 9.59 Å². The normalized spacial score (nSPS) is 18.3. The second-order valence-corrected chi connectivity index (χ2v) is 5.81. The van der Waals surface area contributed by atoms with Crippen LogP contribution < -0.4 is 4.90 Å². The lowest BCUT2D eigenvalue weighted by molar-refractivity contribution is -0.149. The molecule has 0 aliphatic carbocycles. The third-order valence-corrected chi connectivity index (χ3v) is 3.65. The Kier molecular flexibility index (Phi) is 3.35. The standard InChI is InChI=1S/C15H19NO3/c1-10-8-11-6-4-5-7-12(11)16(10)13(17)9-15(2,3)14(18)19/h4-7,10H,8-9H2,1-3H3,(H,18,19). The highest BCUT2D eigenvalue weighted by Gasteiger charge is 2.36. The van der Waals surface area contributed by atoms with Crippen LogP contribution in [0.2, 0.25) is 0 Å². The molecule has 4 heteroatoms. The maximum absolute atomic E-state index is 12.4. The number of carbonyl (C=O) groups excluding carboxylic acids is 1. The van der Waals surface area contributed by atoms with Gasteiger partial charge >= 0.3 is 5.97 Å². The van der Waals surface area contributed by atoms with Crippen molar-refractivity contribution < 1.29 is 14.7 Å². The molecule has 102 valence electrons. The monoisotopic (exact) mass is 261 g/mol. The van der Waals surface area contributed by atoms with Crippen molar-refractivity contribution in [1.82, 2.24) is 0 Å². The molecule has 1 atom stereocenters. The zero-order valence-corrected chi connectivity index (χ0v) is 11.5. The summed E-state index contributed by atoms with van der Waals surface area (Å²) in [5, 5.41) is 9.12. The molecule has 1 unspecified atom stereocenters. The van der Waals surface area contributed by atoms with Crippen LogP contribution in [0.25, 0.3) is 0 Å². The van der Waals surface area contributed by atoms with Gasteiger partial charge in [-0.1, -0.05) is 18.2 Å². The number of carboxylic acids is 1. The second kappa shape index (κ2) is 4.68. The van der Waals surface area contributed by atoms with E-state index in [4.69, 9.17) is 5.11 Å². The molecule has 19 heavy (non-hydrogen) atoms. The number of hydrogen-bond donors (Lipinski definition) is 1. The van der Waals surface area contributed by atoms with Gasteiger partial charge in [-0.2, -0.15) is 0 Å². The minimum absolute atomic E-state index is 0.0149. The molecule has 1 heterocycles. The highest BCUT2D eigenvalue weighted by molar-refractivity contribution is 5.98. The van der Waals surface area contributed by atoms with Crippen molar-refractivity contribution in [3.8, 4) is 0 Å². The van der Waals surface area contributed by atoms with E-state index in [-0.39, 0.29) is 18.4 Å². The minimum atomic E-state index is -1.03. The lowest BCUT2D eigenvalue weighted by Crippen LogP contribution is -2.40. The number of amides is 1. The molecule has 0 spiro atoms. The zero-order chi connectivity index (χ0) is 14.2. The van der Waals surface area contributed by atoms with Gasteiger partial charge in [-0.05, 0) is 38.8 Å². The van der Waals surface area contributed by atoms with Crippen molar-refractivity contribution >= 4 is 17.6 Å². The molecule has 1 aromatic carbocycles. The topological polar surface area (TPSA) is 57.6 Å². The Morgan fingerprint density at radius 1 is 1.37 bits per heavy atom. The lowest BCUT2D eigenvalue weighted by atomic mass is 9.89. The number of nitrogens with zero attached hydrogens (tertiary/aromatic N) is 1. The summed E-state index contributed by atoms with van der Waals surface area (Å²) in [6.07, 6.45) is 0.844. The Morgan fingerprint density at radius 2 is 2.00 bits per heavy atom. The van der Waals surface area contributed by atoms with Gasteiger partial charge in [-0.3, -0.25) is 9.59 Å². The third kappa shape index (κ3) is 2.48. The van der Waals surface area contributed by atoms with Crippen molar-refractivity contribution in [2.24, 2.45) is 5.41 Å². The average Bonchev–Trinajstić information content (AvgIpc) is 2.63. The third-order valence-electron chi connectivity index (χ3n) is 3.65. The van der Waals surface area contributed by atoms with E-state index in [1.54, 1.807) is 18.7 Å². The Balaban J connectivity index is 2.23. The molecule has 1 aliphatic heterocycles. The van der Waals surface area contributed by atoms with E-state index < -0.39 is 11.4 Å². The molecule has 0 radical (unpaired) electrons. The number of carbonyl (C=O) groups is 2. The zero-order valence-electron chi connectivity index (χ0n) is 11.5. The summed E-state index contributed by atoms with van der Waals surface area (Å²) in [5.74, 6) is -1.06. The molecule has 0 saturated heterocycles. The molecule has 4 nitrogen and oxygen atoms in total. The first-order valence-electron chi connectivity index (χ1n) is 6.46. The maximum atomic E-state index is 12.4. The lowest BCUT2D eigenvalue weighted by Gasteiger charge is -2.27. The van der Waals surface area contributed by atoms with Crippen LogP contribution in [0.4, 0.5) is 5.69 Å². The quantitative estimate of drug-likeness (QED) is 0.909. The summed E-state index contributed by atoms with van der Waals surface area (Å²) in [5.41, 5.74) is 1.03. The molecule has 0 bridgehead atoms. The first-order valence-corrected chi connectivity index (χ1v) is 6.46. The van der Waals surface area contributed by atoms with Crippen LogP contribution in [0.1, 0.15) is 32.8 Å². The second-order valence-electron chi connectivity index (χ2n) is 5.81. The summed E-state index contributed by atoms with van der Waals surface area (Å²) >= 11 is 0. The molecule has 0 fully saturated rings. The van der Waals surface area contributed by atoms with Gasteiger partial charge in [0, 0.05) is 18.2 Å². The first kappa shape index (κ1) is 13.6. The molecule has 1 aromatic rings. The molecule has 1 aliphatic rings.